The van der Waals surface area contributed by atoms with E-state index < -0.39 is 10.0 Å². The third-order valence-corrected chi connectivity index (χ3v) is 6.07. The van der Waals surface area contributed by atoms with E-state index in [2.05, 4.69) is 4.98 Å². The highest BCUT2D eigenvalue weighted by Crippen LogP contribution is 2.33. The predicted octanol–water partition coefficient (Wildman–Crippen LogP) is 2.02. The number of hydrogen-bond donors (Lipinski definition) is 1. The van der Waals surface area contributed by atoms with E-state index in [1.807, 2.05) is 13.0 Å². The molecule has 1 aromatic heterocycles. The van der Waals surface area contributed by atoms with Crippen molar-refractivity contribution in [1.29, 1.82) is 0 Å². The number of rotatable bonds is 3. The van der Waals surface area contributed by atoms with Gasteiger partial charge in [0.1, 0.15) is 0 Å². The van der Waals surface area contributed by atoms with Gasteiger partial charge in [-0.1, -0.05) is 13.0 Å². The first-order chi connectivity index (χ1) is 9.94. The summed E-state index contributed by atoms with van der Waals surface area (Å²) in [6, 6.07) is 8.74. The minimum absolute atomic E-state index is 0. The van der Waals surface area contributed by atoms with Crippen molar-refractivity contribution in [3.63, 3.8) is 0 Å². The molecule has 1 fully saturated rings. The highest BCUT2D eigenvalue weighted by atomic mass is 35.5. The average Bonchev–Trinajstić information content (AvgIpc) is 2.91. The number of fused-ring (bicyclic) bond motifs is 1. The van der Waals surface area contributed by atoms with Crippen molar-refractivity contribution in [3.8, 4) is 0 Å². The van der Waals surface area contributed by atoms with Gasteiger partial charge in [0.05, 0.1) is 10.4 Å². The molecular weight excluding hydrogens is 322 g/mol. The molecule has 1 unspecified atom stereocenters. The van der Waals surface area contributed by atoms with Gasteiger partial charge in [0.15, 0.2) is 0 Å². The van der Waals surface area contributed by atoms with Crippen LogP contribution in [0.5, 0.6) is 0 Å². The zero-order valence-electron chi connectivity index (χ0n) is 12.4. The van der Waals surface area contributed by atoms with Crippen LogP contribution < -0.4 is 5.73 Å². The monoisotopic (exact) mass is 341 g/mol. The first-order valence-electron chi connectivity index (χ1n) is 7.00. The van der Waals surface area contributed by atoms with E-state index in [0.29, 0.717) is 24.5 Å². The third-order valence-electron chi connectivity index (χ3n) is 4.23. The van der Waals surface area contributed by atoms with Crippen LogP contribution in [-0.2, 0) is 10.0 Å². The Morgan fingerprint density at radius 1 is 1.36 bits per heavy atom. The summed E-state index contributed by atoms with van der Waals surface area (Å²) in [6.45, 7) is 3.55. The number of hydrogen-bond acceptors (Lipinski definition) is 4. The van der Waals surface area contributed by atoms with Crippen molar-refractivity contribution in [2.75, 3.05) is 19.6 Å². The summed E-state index contributed by atoms with van der Waals surface area (Å²) < 4.78 is 27.0. The van der Waals surface area contributed by atoms with Gasteiger partial charge in [0, 0.05) is 24.7 Å². The lowest BCUT2D eigenvalue weighted by Crippen LogP contribution is -2.34. The number of nitrogens with two attached hydrogens (primary N) is 1. The summed E-state index contributed by atoms with van der Waals surface area (Å²) >= 11 is 0. The van der Waals surface area contributed by atoms with Crippen molar-refractivity contribution in [3.05, 3.63) is 36.5 Å². The van der Waals surface area contributed by atoms with Gasteiger partial charge in [-0.15, -0.1) is 12.4 Å². The largest absolute Gasteiger partial charge is 0.330 e. The molecular formula is C15H20ClN3O2S. The summed E-state index contributed by atoms with van der Waals surface area (Å²) in [5.74, 6) is 0. The molecule has 2 aromatic rings. The van der Waals surface area contributed by atoms with E-state index >= 15 is 0 Å². The minimum atomic E-state index is -3.46. The molecule has 5 nitrogen and oxygen atoms in total. The van der Waals surface area contributed by atoms with Gasteiger partial charge in [-0.2, -0.15) is 4.31 Å². The molecule has 1 aliphatic heterocycles. The number of sulfonamides is 1. The Morgan fingerprint density at radius 2 is 2.14 bits per heavy atom. The normalized spacial score (nSPS) is 22.6. The zero-order valence-corrected chi connectivity index (χ0v) is 14.0. The van der Waals surface area contributed by atoms with Gasteiger partial charge in [-0.25, -0.2) is 8.42 Å². The van der Waals surface area contributed by atoms with Crippen LogP contribution in [-0.4, -0.2) is 37.3 Å². The second-order valence-electron chi connectivity index (χ2n) is 5.96. The molecule has 0 aliphatic carbocycles. The summed E-state index contributed by atoms with van der Waals surface area (Å²) in [7, 11) is -3.46. The Hall–Kier alpha value is -1.21. The molecule has 0 radical (unpaired) electrons. The molecule has 1 atom stereocenters. The van der Waals surface area contributed by atoms with E-state index in [0.717, 1.165) is 17.3 Å². The van der Waals surface area contributed by atoms with Crippen LogP contribution in [0.15, 0.2) is 41.4 Å². The fourth-order valence-electron chi connectivity index (χ4n) is 2.71. The van der Waals surface area contributed by atoms with Gasteiger partial charge in [-0.3, -0.25) is 4.98 Å². The van der Waals surface area contributed by atoms with Crippen LogP contribution in [0.25, 0.3) is 10.9 Å². The molecule has 3 rings (SSSR count). The van der Waals surface area contributed by atoms with Crippen LogP contribution in [0.3, 0.4) is 0 Å². The van der Waals surface area contributed by atoms with Crippen molar-refractivity contribution < 1.29 is 8.42 Å². The molecule has 1 aliphatic rings. The molecule has 2 N–H and O–H groups in total. The number of halogens is 1. The maximum absolute atomic E-state index is 12.7. The summed E-state index contributed by atoms with van der Waals surface area (Å²) in [4.78, 5) is 4.54. The predicted molar refractivity (Wildman–Crippen MR) is 89.5 cm³/mol. The lowest BCUT2D eigenvalue weighted by molar-refractivity contribution is 0.349. The summed E-state index contributed by atoms with van der Waals surface area (Å²) in [5, 5.41) is 0.833. The van der Waals surface area contributed by atoms with Crippen LogP contribution in [0.2, 0.25) is 0 Å². The molecule has 2 heterocycles. The van der Waals surface area contributed by atoms with Crippen LogP contribution in [0.4, 0.5) is 0 Å². The van der Waals surface area contributed by atoms with Gasteiger partial charge in [-0.05, 0) is 42.6 Å². The maximum Gasteiger partial charge on any atom is 0.243 e. The Balaban J connectivity index is 0.00000176. The molecule has 0 bridgehead atoms. The van der Waals surface area contributed by atoms with Gasteiger partial charge < -0.3 is 5.73 Å². The zero-order chi connectivity index (χ0) is 15.1. The summed E-state index contributed by atoms with van der Waals surface area (Å²) in [5.41, 5.74) is 6.43. The Morgan fingerprint density at radius 3 is 2.82 bits per heavy atom. The van der Waals surface area contributed by atoms with Gasteiger partial charge in [0.2, 0.25) is 10.0 Å². The van der Waals surface area contributed by atoms with Crippen molar-refractivity contribution in [2.45, 2.75) is 18.2 Å². The second-order valence-corrected chi connectivity index (χ2v) is 7.90. The molecule has 1 aromatic carbocycles. The molecule has 120 valence electrons. The second kappa shape index (κ2) is 6.12. The molecule has 0 amide bonds. The molecule has 1 saturated heterocycles. The van der Waals surface area contributed by atoms with Crippen LogP contribution >= 0.6 is 12.4 Å². The van der Waals surface area contributed by atoms with E-state index in [1.54, 1.807) is 30.5 Å². The van der Waals surface area contributed by atoms with Gasteiger partial charge in [0.25, 0.3) is 0 Å². The van der Waals surface area contributed by atoms with Crippen LogP contribution in [0.1, 0.15) is 13.3 Å². The van der Waals surface area contributed by atoms with E-state index in [-0.39, 0.29) is 17.8 Å². The van der Waals surface area contributed by atoms with E-state index in [9.17, 15) is 8.42 Å². The quantitative estimate of drug-likeness (QED) is 0.926. The Labute approximate surface area is 137 Å². The highest BCUT2D eigenvalue weighted by Gasteiger charge is 2.38. The molecule has 7 heteroatoms. The number of aromatic nitrogens is 1. The fraction of sp³-hybridized carbons (Fsp3) is 0.400. The van der Waals surface area contributed by atoms with Crippen molar-refractivity contribution in [1.82, 2.24) is 9.29 Å². The fourth-order valence-corrected chi connectivity index (χ4v) is 4.34. The van der Waals surface area contributed by atoms with Crippen molar-refractivity contribution in [2.24, 2.45) is 11.1 Å². The standard InChI is InChI=1S/C15H19N3O2S.ClH/c1-15(10-16)6-8-18(11-15)21(19,20)13-4-5-14-12(9-13)3-2-7-17-14;/h2-5,7,9H,6,8,10-11,16H2,1H3;1H. The lowest BCUT2D eigenvalue weighted by atomic mass is 9.90. The van der Waals surface area contributed by atoms with E-state index in [1.165, 1.54) is 4.31 Å². The minimum Gasteiger partial charge on any atom is -0.330 e. The Bertz CT molecular complexity index is 781. The first kappa shape index (κ1) is 17.1. The Kier molecular flexibility index (Phi) is 4.77. The lowest BCUT2D eigenvalue weighted by Gasteiger charge is -2.22. The maximum atomic E-state index is 12.7. The average molecular weight is 342 g/mol. The van der Waals surface area contributed by atoms with Crippen LogP contribution in [0, 0.1) is 5.41 Å². The smallest absolute Gasteiger partial charge is 0.243 e. The molecule has 0 saturated carbocycles. The number of benzene rings is 1. The highest BCUT2D eigenvalue weighted by molar-refractivity contribution is 7.89. The van der Waals surface area contributed by atoms with E-state index in [4.69, 9.17) is 5.73 Å². The van der Waals surface area contributed by atoms with Crippen molar-refractivity contribution >= 4 is 33.3 Å². The molecule has 0 spiro atoms. The first-order valence-corrected chi connectivity index (χ1v) is 8.44. The summed E-state index contributed by atoms with van der Waals surface area (Å²) in [6.07, 6.45) is 2.50. The number of pyridine rings is 1. The van der Waals surface area contributed by atoms with Gasteiger partial charge >= 0.3 is 0 Å². The molecule has 22 heavy (non-hydrogen) atoms. The third kappa shape index (κ3) is 2.96. The topological polar surface area (TPSA) is 76.3 Å². The number of nitrogens with zero attached hydrogens (tertiary/aromatic N) is 2. The SMILES string of the molecule is CC1(CN)CCN(S(=O)(=O)c2ccc3ncccc3c2)C1.Cl.